The van der Waals surface area contributed by atoms with Crippen molar-refractivity contribution in [1.82, 2.24) is 0 Å². The summed E-state index contributed by atoms with van der Waals surface area (Å²) in [5, 5.41) is 0. The zero-order valence-corrected chi connectivity index (χ0v) is 20.7. The summed E-state index contributed by atoms with van der Waals surface area (Å²) < 4.78 is 26.5. The van der Waals surface area contributed by atoms with Gasteiger partial charge in [0.25, 0.3) is 0 Å². The van der Waals surface area contributed by atoms with Crippen molar-refractivity contribution in [1.29, 1.82) is 0 Å². The van der Waals surface area contributed by atoms with E-state index in [0.717, 1.165) is 48.5 Å². The van der Waals surface area contributed by atoms with E-state index >= 15 is 0 Å². The Morgan fingerprint density at radius 2 is 1.59 bits per heavy atom. The maximum Gasteiger partial charge on any atom is 0.245 e. The molecule has 0 saturated heterocycles. The van der Waals surface area contributed by atoms with E-state index in [9.17, 15) is 8.78 Å². The summed E-state index contributed by atoms with van der Waals surface area (Å²) in [4.78, 5) is 0. The van der Waals surface area contributed by atoms with Gasteiger partial charge >= 0.3 is 0 Å². The van der Waals surface area contributed by atoms with Crippen LogP contribution in [0.15, 0.2) is 90.1 Å². The van der Waals surface area contributed by atoms with Gasteiger partial charge in [-0.15, -0.1) is 0 Å². The summed E-state index contributed by atoms with van der Waals surface area (Å²) in [5.41, 5.74) is 8.78. The van der Waals surface area contributed by atoms with E-state index < -0.39 is 5.92 Å². The average molecular weight is 439 g/mol. The highest BCUT2D eigenvalue weighted by Gasteiger charge is 2.21. The first-order valence-electron chi connectivity index (χ1n) is 11.6. The van der Waals surface area contributed by atoms with Crippen molar-refractivity contribution >= 4 is 5.57 Å². The maximum atomic E-state index is 13.3. The van der Waals surface area contributed by atoms with Crippen LogP contribution in [0.3, 0.4) is 0 Å². The standard InChI is InChI=1S/C30H40F2/c1-9-13-26(10-2)29(23(6)14-12-21-30(8,31)32)24(7)15-16-25-17-19-27(20-18-25)28(11-3)22(4)5/h9,11,13,17-20H,4,6-7,10,12,14-16,21H2,1-3,5,8H3/b13-9-,28-11+,29-26+. The number of aryl methyl sites for hydroxylation is 1. The van der Waals surface area contributed by atoms with Crippen LogP contribution in [0.2, 0.25) is 0 Å². The van der Waals surface area contributed by atoms with E-state index in [0.29, 0.717) is 12.8 Å². The smallest absolute Gasteiger partial charge is 0.207 e. The first kappa shape index (κ1) is 27.6. The Bertz CT molecular complexity index is 884. The summed E-state index contributed by atoms with van der Waals surface area (Å²) in [6.07, 6.45) is 9.56. The Balaban J connectivity index is 2.97. The highest BCUT2D eigenvalue weighted by atomic mass is 19.3. The molecule has 0 N–H and O–H groups in total. The molecule has 1 aromatic rings. The second-order valence-electron chi connectivity index (χ2n) is 8.56. The Morgan fingerprint density at radius 1 is 1.00 bits per heavy atom. The molecular formula is C30H40F2. The summed E-state index contributed by atoms with van der Waals surface area (Å²) in [6.45, 7) is 21.8. The minimum atomic E-state index is -2.64. The molecule has 0 atom stereocenters. The molecule has 0 fully saturated rings. The third-order valence-corrected chi connectivity index (χ3v) is 5.60. The van der Waals surface area contributed by atoms with Gasteiger partial charge in [-0.3, -0.25) is 0 Å². The van der Waals surface area contributed by atoms with E-state index in [1.165, 1.54) is 22.3 Å². The van der Waals surface area contributed by atoms with Gasteiger partial charge in [0.15, 0.2) is 0 Å². The fourth-order valence-corrected chi connectivity index (χ4v) is 3.95. The maximum absolute atomic E-state index is 13.3. The Hall–Kier alpha value is -2.48. The van der Waals surface area contributed by atoms with E-state index in [2.05, 4.69) is 63.1 Å². The van der Waals surface area contributed by atoms with Crippen LogP contribution in [-0.4, -0.2) is 5.92 Å². The van der Waals surface area contributed by atoms with Gasteiger partial charge in [0.2, 0.25) is 5.92 Å². The summed E-state index contributed by atoms with van der Waals surface area (Å²) >= 11 is 0. The van der Waals surface area contributed by atoms with Crippen LogP contribution in [0.1, 0.15) is 77.8 Å². The molecule has 0 aliphatic rings. The summed E-state index contributed by atoms with van der Waals surface area (Å²) in [5.74, 6) is -2.64. The molecule has 1 aromatic carbocycles. The Kier molecular flexibility index (Phi) is 11.3. The third kappa shape index (κ3) is 8.94. The molecule has 0 radical (unpaired) electrons. The van der Waals surface area contributed by atoms with Crippen LogP contribution in [-0.2, 0) is 6.42 Å². The predicted octanol–water partition coefficient (Wildman–Crippen LogP) is 9.82. The summed E-state index contributed by atoms with van der Waals surface area (Å²) in [6, 6.07) is 8.59. The van der Waals surface area contributed by atoms with Crippen molar-refractivity contribution in [3.05, 3.63) is 101 Å². The number of halogens is 2. The molecule has 174 valence electrons. The molecule has 0 amide bonds. The monoisotopic (exact) mass is 438 g/mol. The van der Waals surface area contributed by atoms with Gasteiger partial charge < -0.3 is 0 Å². The van der Waals surface area contributed by atoms with Crippen molar-refractivity contribution in [3.63, 3.8) is 0 Å². The molecular weight excluding hydrogens is 398 g/mol. The molecule has 0 aliphatic carbocycles. The highest BCUT2D eigenvalue weighted by molar-refractivity contribution is 5.77. The van der Waals surface area contributed by atoms with Crippen LogP contribution in [0.4, 0.5) is 8.78 Å². The fourth-order valence-electron chi connectivity index (χ4n) is 3.95. The van der Waals surface area contributed by atoms with Gasteiger partial charge in [-0.2, -0.15) is 0 Å². The minimum absolute atomic E-state index is 0.123. The van der Waals surface area contributed by atoms with Gasteiger partial charge in [0, 0.05) is 6.42 Å². The van der Waals surface area contributed by atoms with Gasteiger partial charge in [-0.05, 0) is 98.8 Å². The van der Waals surface area contributed by atoms with Gasteiger partial charge in [0.05, 0.1) is 0 Å². The van der Waals surface area contributed by atoms with Crippen LogP contribution in [0.25, 0.3) is 5.57 Å². The molecule has 0 nitrogen and oxygen atoms in total. The molecule has 0 spiro atoms. The number of alkyl halides is 2. The zero-order chi connectivity index (χ0) is 24.3. The Labute approximate surface area is 194 Å². The quantitative estimate of drug-likeness (QED) is 0.269. The van der Waals surface area contributed by atoms with Crippen molar-refractivity contribution in [2.24, 2.45) is 0 Å². The van der Waals surface area contributed by atoms with Crippen molar-refractivity contribution in [2.75, 3.05) is 0 Å². The van der Waals surface area contributed by atoms with Gasteiger partial charge in [-0.25, -0.2) is 8.78 Å². The topological polar surface area (TPSA) is 0 Å². The minimum Gasteiger partial charge on any atom is -0.207 e. The number of allylic oxidation sites excluding steroid dienone is 9. The highest BCUT2D eigenvalue weighted by Crippen LogP contribution is 2.32. The van der Waals surface area contributed by atoms with Gasteiger partial charge in [-0.1, -0.05) is 74.7 Å². The molecule has 0 unspecified atom stereocenters. The summed E-state index contributed by atoms with van der Waals surface area (Å²) in [7, 11) is 0. The van der Waals surface area contributed by atoms with Crippen molar-refractivity contribution in [2.45, 2.75) is 79.1 Å². The molecule has 2 heteroatoms. The molecule has 0 aromatic heterocycles. The number of rotatable bonds is 13. The molecule has 0 saturated carbocycles. The van der Waals surface area contributed by atoms with E-state index in [-0.39, 0.29) is 6.42 Å². The second-order valence-corrected chi connectivity index (χ2v) is 8.56. The largest absolute Gasteiger partial charge is 0.245 e. The van der Waals surface area contributed by atoms with Crippen LogP contribution in [0, 0.1) is 0 Å². The lowest BCUT2D eigenvalue weighted by molar-refractivity contribution is 0.0111. The lowest BCUT2D eigenvalue weighted by Crippen LogP contribution is -2.09. The van der Waals surface area contributed by atoms with Crippen LogP contribution >= 0.6 is 0 Å². The first-order chi connectivity index (χ1) is 15.0. The molecule has 0 heterocycles. The van der Waals surface area contributed by atoms with E-state index in [1.54, 1.807) is 0 Å². The fraction of sp³-hybridized carbons (Fsp3) is 0.400. The van der Waals surface area contributed by atoms with Crippen LogP contribution in [0.5, 0.6) is 0 Å². The number of benzene rings is 1. The van der Waals surface area contributed by atoms with E-state index in [4.69, 9.17) is 0 Å². The molecule has 32 heavy (non-hydrogen) atoms. The van der Waals surface area contributed by atoms with Crippen molar-refractivity contribution in [3.8, 4) is 0 Å². The predicted molar refractivity (Wildman–Crippen MR) is 138 cm³/mol. The van der Waals surface area contributed by atoms with Crippen LogP contribution < -0.4 is 0 Å². The number of hydrogen-bond donors (Lipinski definition) is 0. The Morgan fingerprint density at radius 3 is 2.06 bits per heavy atom. The third-order valence-electron chi connectivity index (χ3n) is 5.60. The molecule has 0 bridgehead atoms. The average Bonchev–Trinajstić information content (AvgIpc) is 2.72. The lowest BCUT2D eigenvalue weighted by Gasteiger charge is -2.19. The molecule has 0 aliphatic heterocycles. The normalized spacial score (nSPS) is 13.3. The molecule has 1 rings (SSSR count). The SMILES string of the molecule is C=C(C)/C(=C\C)c1ccc(CCC(=C)/C(C(=C)CCCC(C)(F)F)=C(/C=C\C)CC)cc1. The van der Waals surface area contributed by atoms with Crippen molar-refractivity contribution < 1.29 is 8.78 Å². The van der Waals surface area contributed by atoms with Gasteiger partial charge in [0.1, 0.15) is 0 Å². The van der Waals surface area contributed by atoms with E-state index in [1.807, 2.05) is 26.8 Å². The zero-order valence-electron chi connectivity index (χ0n) is 20.7. The second kappa shape index (κ2) is 13.2. The number of hydrogen-bond acceptors (Lipinski definition) is 0. The lowest BCUT2D eigenvalue weighted by atomic mass is 9.87. The first-order valence-corrected chi connectivity index (χ1v) is 11.6.